The molecule has 4 heteroatoms. The van der Waals surface area contributed by atoms with Crippen LogP contribution in [0.1, 0.15) is 31.2 Å². The van der Waals surface area contributed by atoms with Crippen LogP contribution in [0.5, 0.6) is 0 Å². The average Bonchev–Trinajstić information content (AvgIpc) is 2.33. The molecule has 2 rings (SSSR count). The number of hydrogen-bond acceptors (Lipinski definition) is 3. The molecule has 1 aliphatic rings. The standard InChI is InChI=1S/C14H20N2O2/c15-10-11-4-6-12(7-5-11)16-14(17)8-9-18-13-2-1-3-13/h4-7,13H,1-3,8-10,15H2,(H,16,17). The summed E-state index contributed by atoms with van der Waals surface area (Å²) in [6, 6.07) is 7.57. The second-order valence-electron chi connectivity index (χ2n) is 4.62. The molecule has 0 aromatic heterocycles. The third-order valence-corrected chi connectivity index (χ3v) is 3.21. The Morgan fingerprint density at radius 3 is 2.61 bits per heavy atom. The molecule has 0 radical (unpaired) electrons. The number of nitrogens with one attached hydrogen (secondary N) is 1. The molecule has 0 heterocycles. The molecule has 0 bridgehead atoms. The van der Waals surface area contributed by atoms with Crippen molar-refractivity contribution in [2.75, 3.05) is 11.9 Å². The molecule has 3 N–H and O–H groups in total. The Hall–Kier alpha value is -1.39. The zero-order valence-corrected chi connectivity index (χ0v) is 10.5. The van der Waals surface area contributed by atoms with Gasteiger partial charge in [0.25, 0.3) is 0 Å². The van der Waals surface area contributed by atoms with Gasteiger partial charge in [-0.1, -0.05) is 12.1 Å². The van der Waals surface area contributed by atoms with Gasteiger partial charge in [0, 0.05) is 12.2 Å². The molecule has 0 unspecified atom stereocenters. The first-order valence-electron chi connectivity index (χ1n) is 6.48. The highest BCUT2D eigenvalue weighted by molar-refractivity contribution is 5.90. The minimum atomic E-state index is -0.00479. The van der Waals surface area contributed by atoms with Crippen LogP contribution in [0.3, 0.4) is 0 Å². The largest absolute Gasteiger partial charge is 0.378 e. The van der Waals surface area contributed by atoms with Crippen LogP contribution in [0.4, 0.5) is 5.69 Å². The molecule has 98 valence electrons. The zero-order valence-electron chi connectivity index (χ0n) is 10.5. The predicted molar refractivity (Wildman–Crippen MR) is 71.2 cm³/mol. The second kappa shape index (κ2) is 6.52. The summed E-state index contributed by atoms with van der Waals surface area (Å²) >= 11 is 0. The maximum absolute atomic E-state index is 11.6. The number of anilines is 1. The normalized spacial score (nSPS) is 15.2. The number of nitrogens with two attached hydrogens (primary N) is 1. The van der Waals surface area contributed by atoms with Gasteiger partial charge in [-0.25, -0.2) is 0 Å². The van der Waals surface area contributed by atoms with Crippen molar-refractivity contribution >= 4 is 11.6 Å². The lowest BCUT2D eigenvalue weighted by Crippen LogP contribution is -2.24. The Labute approximate surface area is 108 Å². The maximum atomic E-state index is 11.6. The third kappa shape index (κ3) is 3.82. The number of benzene rings is 1. The minimum absolute atomic E-state index is 0.00479. The number of amides is 1. The van der Waals surface area contributed by atoms with E-state index in [4.69, 9.17) is 10.5 Å². The van der Waals surface area contributed by atoms with Gasteiger partial charge in [0.2, 0.25) is 5.91 Å². The molecule has 1 aromatic carbocycles. The van der Waals surface area contributed by atoms with Gasteiger partial charge in [-0.05, 0) is 37.0 Å². The van der Waals surface area contributed by atoms with E-state index in [2.05, 4.69) is 5.32 Å². The number of rotatable bonds is 6. The van der Waals surface area contributed by atoms with Crippen molar-refractivity contribution < 1.29 is 9.53 Å². The summed E-state index contributed by atoms with van der Waals surface area (Å²) in [4.78, 5) is 11.6. The van der Waals surface area contributed by atoms with Crippen LogP contribution in [-0.2, 0) is 16.1 Å². The lowest BCUT2D eigenvalue weighted by Gasteiger charge is -2.25. The van der Waals surface area contributed by atoms with Gasteiger partial charge >= 0.3 is 0 Å². The van der Waals surface area contributed by atoms with Gasteiger partial charge in [0.1, 0.15) is 0 Å². The highest BCUT2D eigenvalue weighted by Crippen LogP contribution is 2.21. The Morgan fingerprint density at radius 2 is 2.06 bits per heavy atom. The molecule has 0 atom stereocenters. The number of ether oxygens (including phenoxy) is 1. The number of hydrogen-bond donors (Lipinski definition) is 2. The van der Waals surface area contributed by atoms with Crippen LogP contribution in [-0.4, -0.2) is 18.6 Å². The van der Waals surface area contributed by atoms with Crippen LogP contribution in [0, 0.1) is 0 Å². The summed E-state index contributed by atoms with van der Waals surface area (Å²) < 4.78 is 5.55. The first kappa shape index (κ1) is 13.1. The molecular formula is C14H20N2O2. The van der Waals surface area contributed by atoms with Crippen LogP contribution in [0.15, 0.2) is 24.3 Å². The molecule has 0 aliphatic heterocycles. The van der Waals surface area contributed by atoms with Gasteiger partial charge in [-0.15, -0.1) is 0 Å². The fraction of sp³-hybridized carbons (Fsp3) is 0.500. The van der Waals surface area contributed by atoms with E-state index in [1.165, 1.54) is 6.42 Å². The second-order valence-corrected chi connectivity index (χ2v) is 4.62. The molecule has 0 saturated heterocycles. The molecule has 1 amide bonds. The van der Waals surface area contributed by atoms with Crippen molar-refractivity contribution in [3.8, 4) is 0 Å². The van der Waals surface area contributed by atoms with E-state index in [0.717, 1.165) is 24.1 Å². The van der Waals surface area contributed by atoms with Crippen molar-refractivity contribution in [3.05, 3.63) is 29.8 Å². The Morgan fingerprint density at radius 1 is 1.33 bits per heavy atom. The summed E-state index contributed by atoms with van der Waals surface area (Å²) in [7, 11) is 0. The van der Waals surface area contributed by atoms with Crippen molar-refractivity contribution in [1.82, 2.24) is 0 Å². The number of carbonyl (C=O) groups is 1. The summed E-state index contributed by atoms with van der Waals surface area (Å²) in [5.74, 6) is -0.00479. The van der Waals surface area contributed by atoms with Crippen LogP contribution in [0.25, 0.3) is 0 Å². The monoisotopic (exact) mass is 248 g/mol. The van der Waals surface area contributed by atoms with Gasteiger partial charge in [-0.3, -0.25) is 4.79 Å². The molecule has 1 aliphatic carbocycles. The fourth-order valence-corrected chi connectivity index (χ4v) is 1.80. The van der Waals surface area contributed by atoms with E-state index in [1.54, 1.807) is 0 Å². The zero-order chi connectivity index (χ0) is 12.8. The van der Waals surface area contributed by atoms with Crippen molar-refractivity contribution in [2.45, 2.75) is 38.3 Å². The minimum Gasteiger partial charge on any atom is -0.378 e. The topological polar surface area (TPSA) is 64.3 Å². The molecule has 1 saturated carbocycles. The Bertz CT molecular complexity index is 385. The summed E-state index contributed by atoms with van der Waals surface area (Å²) in [5.41, 5.74) is 7.37. The van der Waals surface area contributed by atoms with E-state index in [9.17, 15) is 4.79 Å². The molecular weight excluding hydrogens is 228 g/mol. The SMILES string of the molecule is NCc1ccc(NC(=O)CCOC2CCC2)cc1. The lowest BCUT2D eigenvalue weighted by molar-refractivity contribution is -0.118. The molecule has 4 nitrogen and oxygen atoms in total. The Balaban J connectivity index is 1.68. The average molecular weight is 248 g/mol. The van der Waals surface area contributed by atoms with Gasteiger partial charge < -0.3 is 15.8 Å². The van der Waals surface area contributed by atoms with E-state index in [0.29, 0.717) is 25.7 Å². The Kier molecular flexibility index (Phi) is 4.73. The molecule has 1 aromatic rings. The fourth-order valence-electron chi connectivity index (χ4n) is 1.80. The lowest BCUT2D eigenvalue weighted by atomic mass is 9.96. The maximum Gasteiger partial charge on any atom is 0.226 e. The molecule has 18 heavy (non-hydrogen) atoms. The summed E-state index contributed by atoms with van der Waals surface area (Å²) in [6.07, 6.45) is 4.34. The first-order chi connectivity index (χ1) is 8.78. The van der Waals surface area contributed by atoms with Gasteiger partial charge in [0.15, 0.2) is 0 Å². The van der Waals surface area contributed by atoms with Crippen molar-refractivity contribution in [2.24, 2.45) is 5.73 Å². The highest BCUT2D eigenvalue weighted by Gasteiger charge is 2.17. The summed E-state index contributed by atoms with van der Waals surface area (Å²) in [6.45, 7) is 1.03. The third-order valence-electron chi connectivity index (χ3n) is 3.21. The van der Waals surface area contributed by atoms with Gasteiger partial charge in [0.05, 0.1) is 19.1 Å². The van der Waals surface area contributed by atoms with Gasteiger partial charge in [-0.2, -0.15) is 0 Å². The highest BCUT2D eigenvalue weighted by atomic mass is 16.5. The van der Waals surface area contributed by atoms with Crippen molar-refractivity contribution in [1.29, 1.82) is 0 Å². The number of carbonyl (C=O) groups excluding carboxylic acids is 1. The van der Waals surface area contributed by atoms with E-state index in [1.807, 2.05) is 24.3 Å². The quantitative estimate of drug-likeness (QED) is 0.809. The van der Waals surface area contributed by atoms with E-state index >= 15 is 0 Å². The van der Waals surface area contributed by atoms with Crippen LogP contribution in [0.2, 0.25) is 0 Å². The van der Waals surface area contributed by atoms with Crippen LogP contribution >= 0.6 is 0 Å². The molecule has 1 fully saturated rings. The molecule has 0 spiro atoms. The van der Waals surface area contributed by atoms with Crippen LogP contribution < -0.4 is 11.1 Å². The first-order valence-corrected chi connectivity index (χ1v) is 6.48. The van der Waals surface area contributed by atoms with E-state index in [-0.39, 0.29) is 5.91 Å². The van der Waals surface area contributed by atoms with E-state index < -0.39 is 0 Å². The smallest absolute Gasteiger partial charge is 0.226 e. The summed E-state index contributed by atoms with van der Waals surface area (Å²) in [5, 5.41) is 2.84. The van der Waals surface area contributed by atoms with Crippen molar-refractivity contribution in [3.63, 3.8) is 0 Å². The predicted octanol–water partition coefficient (Wildman–Crippen LogP) is 2.04.